The molecule has 0 aliphatic carbocycles. The number of hydrogen-bond acceptors (Lipinski definition) is 1. The van der Waals surface area contributed by atoms with Crippen LogP contribution in [0.4, 0.5) is 0 Å². The van der Waals surface area contributed by atoms with Crippen LogP contribution in [0, 0.1) is 5.41 Å². The molecule has 0 aromatic heterocycles. The third-order valence-electron chi connectivity index (χ3n) is 3.73. The molecule has 0 aliphatic rings. The van der Waals surface area contributed by atoms with E-state index in [9.17, 15) is 4.79 Å². The summed E-state index contributed by atoms with van der Waals surface area (Å²) in [5, 5.41) is 0. The minimum atomic E-state index is 0.0613. The fourth-order valence-electron chi connectivity index (χ4n) is 2.54. The Kier molecular flexibility index (Phi) is 4.39. The topological polar surface area (TPSA) is 17.1 Å². The zero-order valence-corrected chi connectivity index (χ0v) is 12.5. The van der Waals surface area contributed by atoms with Crippen molar-refractivity contribution in [3.05, 3.63) is 71.8 Å². The molecule has 0 bridgehead atoms. The summed E-state index contributed by atoms with van der Waals surface area (Å²) >= 11 is 0. The van der Waals surface area contributed by atoms with Crippen LogP contribution in [0.3, 0.4) is 0 Å². The Morgan fingerprint density at radius 3 is 1.90 bits per heavy atom. The molecule has 0 radical (unpaired) electrons. The van der Waals surface area contributed by atoms with Gasteiger partial charge in [-0.25, -0.2) is 0 Å². The monoisotopic (exact) mass is 266 g/mol. The van der Waals surface area contributed by atoms with Gasteiger partial charge in [-0.3, -0.25) is 4.79 Å². The lowest BCUT2D eigenvalue weighted by molar-refractivity contribution is 0.0951. The molecule has 0 N–H and O–H groups in total. The van der Waals surface area contributed by atoms with Crippen LogP contribution in [0.25, 0.3) is 0 Å². The van der Waals surface area contributed by atoms with E-state index < -0.39 is 0 Å². The van der Waals surface area contributed by atoms with E-state index in [2.05, 4.69) is 32.9 Å². The summed E-state index contributed by atoms with van der Waals surface area (Å²) < 4.78 is 0. The fraction of sp³-hybridized carbons (Fsp3) is 0.316. The molecule has 0 fully saturated rings. The Morgan fingerprint density at radius 2 is 1.40 bits per heavy atom. The van der Waals surface area contributed by atoms with E-state index in [1.165, 1.54) is 5.56 Å². The van der Waals surface area contributed by atoms with Crippen molar-refractivity contribution in [1.82, 2.24) is 0 Å². The maximum Gasteiger partial charge on any atom is 0.163 e. The summed E-state index contributed by atoms with van der Waals surface area (Å²) in [5.74, 6) is 0.450. The quantitative estimate of drug-likeness (QED) is 0.704. The van der Waals surface area contributed by atoms with Gasteiger partial charge in [0.05, 0.1) is 0 Å². The van der Waals surface area contributed by atoms with Crippen LogP contribution in [-0.2, 0) is 0 Å². The van der Waals surface area contributed by atoms with E-state index in [4.69, 9.17) is 0 Å². The summed E-state index contributed by atoms with van der Waals surface area (Å²) in [4.78, 5) is 12.5. The molecule has 1 nitrogen and oxygen atoms in total. The second-order valence-corrected chi connectivity index (χ2v) is 6.32. The highest BCUT2D eigenvalue weighted by atomic mass is 16.1. The summed E-state index contributed by atoms with van der Waals surface area (Å²) in [5.41, 5.74) is 2.10. The second-order valence-electron chi connectivity index (χ2n) is 6.32. The van der Waals surface area contributed by atoms with Crippen LogP contribution < -0.4 is 0 Å². The number of ketones is 1. The summed E-state index contributed by atoms with van der Waals surface area (Å²) in [6, 6.07) is 19.9. The maximum absolute atomic E-state index is 12.5. The first-order valence-corrected chi connectivity index (χ1v) is 7.11. The first kappa shape index (κ1) is 14.5. The predicted molar refractivity (Wildman–Crippen MR) is 84.0 cm³/mol. The molecule has 2 aromatic carbocycles. The molecule has 1 atom stereocenters. The highest BCUT2D eigenvalue weighted by molar-refractivity contribution is 5.96. The standard InChI is InChI=1S/C19H22O/c1-19(2,3)17(15-10-6-4-7-11-15)14-18(20)16-12-8-5-9-13-16/h4-13,17H,14H2,1-3H3. The van der Waals surface area contributed by atoms with E-state index in [0.717, 1.165) is 5.56 Å². The third-order valence-corrected chi connectivity index (χ3v) is 3.73. The SMILES string of the molecule is CC(C)(C)C(CC(=O)c1ccccc1)c1ccccc1. The van der Waals surface area contributed by atoms with Gasteiger partial charge < -0.3 is 0 Å². The van der Waals surface area contributed by atoms with Gasteiger partial charge in [0.2, 0.25) is 0 Å². The minimum Gasteiger partial charge on any atom is -0.294 e. The molecule has 0 saturated carbocycles. The van der Waals surface area contributed by atoms with Crippen molar-refractivity contribution in [3.8, 4) is 0 Å². The van der Waals surface area contributed by atoms with Gasteiger partial charge in [0, 0.05) is 12.0 Å². The van der Waals surface area contributed by atoms with Crippen LogP contribution in [0.15, 0.2) is 60.7 Å². The van der Waals surface area contributed by atoms with Crippen molar-refractivity contribution < 1.29 is 4.79 Å². The van der Waals surface area contributed by atoms with E-state index in [1.807, 2.05) is 48.5 Å². The van der Waals surface area contributed by atoms with E-state index in [1.54, 1.807) is 0 Å². The van der Waals surface area contributed by atoms with Crippen LogP contribution in [-0.4, -0.2) is 5.78 Å². The number of Topliss-reactive ketones (excluding diaryl/α,β-unsaturated/α-hetero) is 1. The lowest BCUT2D eigenvalue weighted by Gasteiger charge is -2.30. The van der Waals surface area contributed by atoms with Crippen molar-refractivity contribution in [2.45, 2.75) is 33.1 Å². The van der Waals surface area contributed by atoms with Crippen molar-refractivity contribution in [3.63, 3.8) is 0 Å². The predicted octanol–water partition coefficient (Wildman–Crippen LogP) is 5.09. The summed E-state index contributed by atoms with van der Waals surface area (Å²) in [7, 11) is 0. The number of carbonyl (C=O) groups excluding carboxylic acids is 1. The Balaban J connectivity index is 2.24. The maximum atomic E-state index is 12.5. The average Bonchev–Trinajstić information content (AvgIpc) is 2.45. The van der Waals surface area contributed by atoms with Crippen LogP contribution in [0.2, 0.25) is 0 Å². The number of carbonyl (C=O) groups is 1. The zero-order chi connectivity index (χ0) is 14.6. The molecule has 20 heavy (non-hydrogen) atoms. The Hall–Kier alpha value is -1.89. The highest BCUT2D eigenvalue weighted by Crippen LogP contribution is 2.38. The molecular weight excluding hydrogens is 244 g/mol. The molecule has 0 aliphatic heterocycles. The van der Waals surface area contributed by atoms with E-state index in [0.29, 0.717) is 6.42 Å². The number of benzene rings is 2. The lowest BCUT2D eigenvalue weighted by atomic mass is 9.73. The molecule has 0 saturated heterocycles. The zero-order valence-electron chi connectivity index (χ0n) is 12.5. The second kappa shape index (κ2) is 6.04. The molecule has 1 unspecified atom stereocenters. The van der Waals surface area contributed by atoms with Crippen LogP contribution in [0.1, 0.15) is 49.0 Å². The van der Waals surface area contributed by atoms with Gasteiger partial charge in [-0.1, -0.05) is 81.4 Å². The molecule has 2 rings (SSSR count). The van der Waals surface area contributed by atoms with E-state index >= 15 is 0 Å². The molecular formula is C19H22O. The normalized spacial score (nSPS) is 12.9. The molecule has 0 amide bonds. The van der Waals surface area contributed by atoms with Gasteiger partial charge in [-0.05, 0) is 16.9 Å². The number of rotatable bonds is 4. The smallest absolute Gasteiger partial charge is 0.163 e. The van der Waals surface area contributed by atoms with Crippen LogP contribution >= 0.6 is 0 Å². The van der Waals surface area contributed by atoms with E-state index in [-0.39, 0.29) is 17.1 Å². The van der Waals surface area contributed by atoms with Gasteiger partial charge in [-0.2, -0.15) is 0 Å². The van der Waals surface area contributed by atoms with Gasteiger partial charge in [-0.15, -0.1) is 0 Å². The molecule has 0 heterocycles. The minimum absolute atomic E-state index is 0.0613. The van der Waals surface area contributed by atoms with Crippen molar-refractivity contribution in [2.24, 2.45) is 5.41 Å². The van der Waals surface area contributed by atoms with Gasteiger partial charge in [0.25, 0.3) is 0 Å². The van der Waals surface area contributed by atoms with Gasteiger partial charge in [0.15, 0.2) is 5.78 Å². The third kappa shape index (κ3) is 3.57. The lowest BCUT2D eigenvalue weighted by Crippen LogP contribution is -2.21. The fourth-order valence-corrected chi connectivity index (χ4v) is 2.54. The average molecular weight is 266 g/mol. The highest BCUT2D eigenvalue weighted by Gasteiger charge is 2.28. The Morgan fingerprint density at radius 1 is 0.900 bits per heavy atom. The summed E-state index contributed by atoms with van der Waals surface area (Å²) in [6.07, 6.45) is 0.553. The van der Waals surface area contributed by atoms with Crippen molar-refractivity contribution in [2.75, 3.05) is 0 Å². The molecule has 0 spiro atoms. The molecule has 104 valence electrons. The van der Waals surface area contributed by atoms with Gasteiger partial charge >= 0.3 is 0 Å². The molecule has 2 aromatic rings. The van der Waals surface area contributed by atoms with Gasteiger partial charge in [0.1, 0.15) is 0 Å². The molecule has 1 heteroatoms. The number of hydrogen-bond donors (Lipinski definition) is 0. The largest absolute Gasteiger partial charge is 0.294 e. The van der Waals surface area contributed by atoms with Crippen molar-refractivity contribution >= 4 is 5.78 Å². The Bertz CT molecular complexity index is 549. The Labute approximate surface area is 121 Å². The summed E-state index contributed by atoms with van der Waals surface area (Å²) in [6.45, 7) is 6.59. The van der Waals surface area contributed by atoms with Crippen LogP contribution in [0.5, 0.6) is 0 Å². The first-order valence-electron chi connectivity index (χ1n) is 7.11. The first-order chi connectivity index (χ1) is 9.48. The van der Waals surface area contributed by atoms with Crippen molar-refractivity contribution in [1.29, 1.82) is 0 Å².